The Morgan fingerprint density at radius 1 is 0.905 bits per heavy atom. The van der Waals surface area contributed by atoms with Crippen molar-refractivity contribution in [2.24, 2.45) is 0 Å². The molecule has 3 heterocycles. The monoisotopic (exact) mass is 589 g/mol. The molecule has 2 aromatic carbocycles. The van der Waals surface area contributed by atoms with Gasteiger partial charge < -0.3 is 23.8 Å². The number of carbonyl (C=O) groups excluding carboxylic acids is 3. The van der Waals surface area contributed by atoms with Crippen molar-refractivity contribution in [1.82, 2.24) is 19.9 Å². The van der Waals surface area contributed by atoms with Crippen LogP contribution >= 0.6 is 11.3 Å². The molecule has 1 aliphatic heterocycles. The first kappa shape index (κ1) is 28.5. The largest absolute Gasteiger partial charge is 0.491 e. The second-order valence-electron chi connectivity index (χ2n) is 9.41. The first-order chi connectivity index (χ1) is 20.3. The van der Waals surface area contributed by atoms with Gasteiger partial charge in [0, 0.05) is 24.7 Å². The van der Waals surface area contributed by atoms with Crippen molar-refractivity contribution in [1.29, 1.82) is 0 Å². The van der Waals surface area contributed by atoms with Crippen LogP contribution in [-0.2, 0) is 4.74 Å². The highest BCUT2D eigenvalue weighted by molar-refractivity contribution is 7.17. The van der Waals surface area contributed by atoms with Gasteiger partial charge in [0.2, 0.25) is 10.9 Å². The van der Waals surface area contributed by atoms with Crippen molar-refractivity contribution >= 4 is 34.3 Å². The van der Waals surface area contributed by atoms with Gasteiger partial charge in [-0.1, -0.05) is 17.4 Å². The van der Waals surface area contributed by atoms with Crippen LogP contribution in [0.5, 0.6) is 28.2 Å². The summed E-state index contributed by atoms with van der Waals surface area (Å²) in [7, 11) is 1.30. The quantitative estimate of drug-likeness (QED) is 0.246. The van der Waals surface area contributed by atoms with E-state index in [0.29, 0.717) is 46.1 Å². The Morgan fingerprint density at radius 3 is 2.38 bits per heavy atom. The van der Waals surface area contributed by atoms with Gasteiger partial charge in [0.05, 0.1) is 37.4 Å². The third kappa shape index (κ3) is 6.99. The molecule has 0 atom stereocenters. The number of esters is 1. The van der Waals surface area contributed by atoms with Gasteiger partial charge in [-0.3, -0.25) is 14.9 Å². The molecule has 0 radical (unpaired) electrons. The molecule has 4 aromatic rings. The second-order valence-corrected chi connectivity index (χ2v) is 10.4. The van der Waals surface area contributed by atoms with Crippen LogP contribution in [0.2, 0.25) is 0 Å². The summed E-state index contributed by atoms with van der Waals surface area (Å²) in [6.07, 6.45) is 5.02. The molecule has 0 unspecified atom stereocenters. The van der Waals surface area contributed by atoms with Gasteiger partial charge >= 0.3 is 5.97 Å². The van der Waals surface area contributed by atoms with Crippen LogP contribution in [0, 0.1) is 0 Å². The maximum absolute atomic E-state index is 13.2. The van der Waals surface area contributed by atoms with Crippen LogP contribution < -0.4 is 19.5 Å². The Hall–Kier alpha value is -5.04. The molecule has 1 N–H and O–H groups in total. The molecule has 0 spiro atoms. The number of aromatic nitrogens is 3. The van der Waals surface area contributed by atoms with E-state index in [9.17, 15) is 14.4 Å². The maximum Gasteiger partial charge on any atom is 0.337 e. The summed E-state index contributed by atoms with van der Waals surface area (Å²) < 4.78 is 22.2. The SMILES string of the molecule is COC(=O)c1cccc(Oc2cnc(NC(=O)c3cc(Oc4cnc(C(=O)N5CCC5)cn4)cc(OC(C)C)c3)s2)c1. The number of likely N-dealkylation sites (tertiary alicyclic amines) is 1. The van der Waals surface area contributed by atoms with Crippen LogP contribution in [0.25, 0.3) is 0 Å². The van der Waals surface area contributed by atoms with Gasteiger partial charge in [0.1, 0.15) is 22.9 Å². The zero-order valence-electron chi connectivity index (χ0n) is 23.0. The van der Waals surface area contributed by atoms with Gasteiger partial charge in [-0.25, -0.2) is 19.7 Å². The minimum Gasteiger partial charge on any atom is -0.491 e. The van der Waals surface area contributed by atoms with Gasteiger partial charge in [-0.2, -0.15) is 0 Å². The van der Waals surface area contributed by atoms with E-state index < -0.39 is 11.9 Å². The molecule has 2 aromatic heterocycles. The Labute approximate surface area is 245 Å². The summed E-state index contributed by atoms with van der Waals surface area (Å²) in [5.74, 6) is 0.177. The fraction of sp³-hybridized carbons (Fsp3) is 0.241. The topological polar surface area (TPSA) is 142 Å². The van der Waals surface area contributed by atoms with Crippen molar-refractivity contribution in [2.75, 3.05) is 25.5 Å². The Balaban J connectivity index is 1.28. The molecule has 42 heavy (non-hydrogen) atoms. The summed E-state index contributed by atoms with van der Waals surface area (Å²) in [6, 6.07) is 11.3. The first-order valence-corrected chi connectivity index (χ1v) is 13.8. The van der Waals surface area contributed by atoms with E-state index in [1.165, 1.54) is 31.8 Å². The fourth-order valence-corrected chi connectivity index (χ4v) is 4.52. The Bertz CT molecular complexity index is 1600. The zero-order valence-corrected chi connectivity index (χ0v) is 23.8. The molecule has 12 nitrogen and oxygen atoms in total. The lowest BCUT2D eigenvalue weighted by Gasteiger charge is -2.30. The third-order valence-electron chi connectivity index (χ3n) is 5.91. The predicted molar refractivity (Wildman–Crippen MR) is 153 cm³/mol. The van der Waals surface area contributed by atoms with Crippen LogP contribution in [0.4, 0.5) is 5.13 Å². The number of amides is 2. The number of carbonyl (C=O) groups is 3. The summed E-state index contributed by atoms with van der Waals surface area (Å²) in [5.41, 5.74) is 0.836. The molecule has 216 valence electrons. The molecule has 2 amide bonds. The highest BCUT2D eigenvalue weighted by atomic mass is 32.1. The zero-order chi connectivity index (χ0) is 29.6. The molecule has 1 saturated heterocycles. The van der Waals surface area contributed by atoms with E-state index in [2.05, 4.69) is 20.3 Å². The van der Waals surface area contributed by atoms with Crippen LogP contribution in [0.15, 0.2) is 61.1 Å². The van der Waals surface area contributed by atoms with Crippen molar-refractivity contribution in [3.63, 3.8) is 0 Å². The van der Waals surface area contributed by atoms with Gasteiger partial charge in [0.15, 0.2) is 5.13 Å². The molecule has 13 heteroatoms. The molecular formula is C29H27N5O7S. The fourth-order valence-electron chi connectivity index (χ4n) is 3.84. The first-order valence-electron chi connectivity index (χ1n) is 13.0. The molecule has 1 aliphatic rings. The number of rotatable bonds is 10. The lowest BCUT2D eigenvalue weighted by Crippen LogP contribution is -2.42. The number of benzene rings is 2. The highest BCUT2D eigenvalue weighted by Crippen LogP contribution is 2.32. The normalized spacial score (nSPS) is 12.3. The van der Waals surface area contributed by atoms with Crippen molar-refractivity contribution in [3.8, 4) is 28.2 Å². The van der Waals surface area contributed by atoms with E-state index in [1.54, 1.807) is 41.3 Å². The van der Waals surface area contributed by atoms with E-state index in [0.717, 1.165) is 17.8 Å². The highest BCUT2D eigenvalue weighted by Gasteiger charge is 2.23. The Morgan fingerprint density at radius 2 is 1.69 bits per heavy atom. The minimum absolute atomic E-state index is 0.154. The van der Waals surface area contributed by atoms with Gasteiger partial charge in [0.25, 0.3) is 11.8 Å². The van der Waals surface area contributed by atoms with E-state index in [-0.39, 0.29) is 29.1 Å². The van der Waals surface area contributed by atoms with Gasteiger partial charge in [-0.05, 0) is 50.6 Å². The lowest BCUT2D eigenvalue weighted by atomic mass is 10.2. The third-order valence-corrected chi connectivity index (χ3v) is 6.70. The molecule has 1 fully saturated rings. The van der Waals surface area contributed by atoms with Crippen molar-refractivity contribution in [3.05, 3.63) is 77.9 Å². The number of hydrogen-bond acceptors (Lipinski definition) is 11. The number of anilines is 1. The minimum atomic E-state index is -0.481. The van der Waals surface area contributed by atoms with Crippen LogP contribution in [0.3, 0.4) is 0 Å². The van der Waals surface area contributed by atoms with Crippen molar-refractivity contribution < 1.29 is 33.3 Å². The van der Waals surface area contributed by atoms with Crippen LogP contribution in [-0.4, -0.2) is 63.9 Å². The number of methoxy groups -OCH3 is 1. The summed E-state index contributed by atoms with van der Waals surface area (Å²) in [5, 5.41) is 3.45. The maximum atomic E-state index is 13.2. The lowest BCUT2D eigenvalue weighted by molar-refractivity contribution is 0.0599. The van der Waals surface area contributed by atoms with E-state index in [4.69, 9.17) is 18.9 Å². The number of nitrogens with zero attached hydrogens (tertiary/aromatic N) is 4. The number of ether oxygens (including phenoxy) is 4. The molecule has 0 bridgehead atoms. The van der Waals surface area contributed by atoms with Crippen LogP contribution in [0.1, 0.15) is 51.5 Å². The predicted octanol–water partition coefficient (Wildman–Crippen LogP) is 5.19. The average Bonchev–Trinajstić information content (AvgIpc) is 3.38. The summed E-state index contributed by atoms with van der Waals surface area (Å²) >= 11 is 1.11. The molecular weight excluding hydrogens is 562 g/mol. The van der Waals surface area contributed by atoms with Gasteiger partial charge in [-0.15, -0.1) is 0 Å². The molecule has 0 saturated carbocycles. The van der Waals surface area contributed by atoms with Crippen molar-refractivity contribution in [2.45, 2.75) is 26.4 Å². The number of hydrogen-bond donors (Lipinski definition) is 1. The Kier molecular flexibility index (Phi) is 8.58. The molecule has 0 aliphatic carbocycles. The second kappa shape index (κ2) is 12.6. The number of thiazole rings is 1. The van der Waals surface area contributed by atoms with E-state index >= 15 is 0 Å². The smallest absolute Gasteiger partial charge is 0.337 e. The summed E-state index contributed by atoms with van der Waals surface area (Å²) in [6.45, 7) is 5.16. The average molecular weight is 590 g/mol. The van der Waals surface area contributed by atoms with E-state index in [1.807, 2.05) is 13.8 Å². The summed E-state index contributed by atoms with van der Waals surface area (Å²) in [4.78, 5) is 51.6. The standard InChI is InChI=1S/C29H27N5O7S/c1-17(2)39-21-11-19(12-22(13-21)40-24-15-30-23(14-31-24)27(36)34-8-5-9-34)26(35)33-29-32-16-25(42-29)41-20-7-4-6-18(10-20)28(37)38-3/h4,6-7,10-17H,5,8-9H2,1-3H3,(H,32,33,35). The number of nitrogens with one attached hydrogen (secondary N) is 1. The molecule has 5 rings (SSSR count).